The number of carbonyl (C=O) groups is 1. The molecule has 0 radical (unpaired) electrons. The maximum absolute atomic E-state index is 10.3. The number of amides is 1. The minimum atomic E-state index is -0.809. The lowest BCUT2D eigenvalue weighted by Gasteiger charge is -2.60. The fraction of sp³-hybridized carbons (Fsp3) is 0.929. The van der Waals surface area contributed by atoms with Crippen molar-refractivity contribution in [1.29, 1.82) is 0 Å². The normalized spacial score (nSPS) is 32.8. The zero-order chi connectivity index (χ0) is 14.8. The standard InChI is InChI=1S/C9H18N2.C5H10N2O2/c1-8(2,3)9-4-7(11-9)5-10-6-9;8-5(9)7-3-1-6-2-4-7/h7,10-11H,4-6H2,1-3H3;6H,1-4H2,(H,8,9). The summed E-state index contributed by atoms with van der Waals surface area (Å²) < 4.78 is 0. The van der Waals surface area contributed by atoms with Gasteiger partial charge in [-0.25, -0.2) is 4.79 Å². The van der Waals surface area contributed by atoms with E-state index in [0.29, 0.717) is 24.0 Å². The van der Waals surface area contributed by atoms with E-state index in [1.54, 1.807) is 0 Å². The number of piperidine rings is 1. The summed E-state index contributed by atoms with van der Waals surface area (Å²) in [5.74, 6) is 0. The van der Waals surface area contributed by atoms with Crippen molar-refractivity contribution in [3.8, 4) is 0 Å². The second-order valence-corrected chi connectivity index (χ2v) is 7.03. The zero-order valence-corrected chi connectivity index (χ0v) is 12.8. The Morgan fingerprint density at radius 2 is 1.85 bits per heavy atom. The van der Waals surface area contributed by atoms with Crippen LogP contribution in [0.1, 0.15) is 27.2 Å². The zero-order valence-electron chi connectivity index (χ0n) is 12.8. The van der Waals surface area contributed by atoms with Crippen LogP contribution < -0.4 is 16.0 Å². The van der Waals surface area contributed by atoms with Crippen LogP contribution in [0.5, 0.6) is 0 Å². The molecule has 0 spiro atoms. The van der Waals surface area contributed by atoms with E-state index in [9.17, 15) is 4.79 Å². The average Bonchev–Trinajstić information content (AvgIpc) is 2.39. The van der Waals surface area contributed by atoms with E-state index in [1.807, 2.05) is 0 Å². The first-order chi connectivity index (χ1) is 9.34. The van der Waals surface area contributed by atoms with Crippen LogP contribution in [0.2, 0.25) is 0 Å². The van der Waals surface area contributed by atoms with Gasteiger partial charge in [0.2, 0.25) is 0 Å². The van der Waals surface area contributed by atoms with Gasteiger partial charge >= 0.3 is 6.09 Å². The summed E-state index contributed by atoms with van der Waals surface area (Å²) in [6.07, 6.45) is 0.556. The van der Waals surface area contributed by atoms with E-state index in [0.717, 1.165) is 32.2 Å². The third kappa shape index (κ3) is 3.24. The van der Waals surface area contributed by atoms with Gasteiger partial charge in [0.25, 0.3) is 0 Å². The number of carboxylic acid groups (broad SMARTS) is 1. The number of rotatable bonds is 0. The summed E-state index contributed by atoms with van der Waals surface area (Å²) >= 11 is 0. The van der Waals surface area contributed by atoms with E-state index in [-0.39, 0.29) is 0 Å². The molecule has 0 aromatic carbocycles. The predicted octanol–water partition coefficient (Wildman–Crippen LogP) is 0.306. The number of fused-ring (bicyclic) bond motifs is 2. The van der Waals surface area contributed by atoms with Gasteiger partial charge in [-0.2, -0.15) is 0 Å². The maximum Gasteiger partial charge on any atom is 0.407 e. The number of piperazine rings is 2. The van der Waals surface area contributed by atoms with Gasteiger partial charge in [0.1, 0.15) is 0 Å². The Morgan fingerprint density at radius 3 is 2.15 bits per heavy atom. The molecule has 0 aromatic heterocycles. The highest BCUT2D eigenvalue weighted by molar-refractivity contribution is 5.65. The highest BCUT2D eigenvalue weighted by Gasteiger charge is 2.53. The minimum Gasteiger partial charge on any atom is -0.465 e. The molecule has 4 rings (SSSR count). The molecule has 4 aliphatic rings. The second kappa shape index (κ2) is 5.87. The van der Waals surface area contributed by atoms with Crippen molar-refractivity contribution in [2.45, 2.75) is 38.8 Å². The Morgan fingerprint density at radius 1 is 1.25 bits per heavy atom. The van der Waals surface area contributed by atoms with Crippen LogP contribution in [0.15, 0.2) is 0 Å². The Kier molecular flexibility index (Phi) is 4.56. The topological polar surface area (TPSA) is 76.6 Å². The number of nitrogens with zero attached hydrogens (tertiary/aromatic N) is 1. The third-order valence-electron chi connectivity index (χ3n) is 4.72. The lowest BCUT2D eigenvalue weighted by Crippen LogP contribution is -2.79. The van der Waals surface area contributed by atoms with Gasteiger partial charge < -0.3 is 26.0 Å². The molecule has 2 atom stereocenters. The molecule has 0 aliphatic carbocycles. The van der Waals surface area contributed by atoms with Crippen LogP contribution in [-0.4, -0.2) is 66.9 Å². The summed E-state index contributed by atoms with van der Waals surface area (Å²) in [4.78, 5) is 11.7. The smallest absolute Gasteiger partial charge is 0.407 e. The van der Waals surface area contributed by atoms with Gasteiger partial charge in [0.05, 0.1) is 0 Å². The lowest BCUT2D eigenvalue weighted by molar-refractivity contribution is -0.00627. The Balaban J connectivity index is 0.000000151. The molecule has 4 aliphatic heterocycles. The summed E-state index contributed by atoms with van der Waals surface area (Å²) in [6, 6.07) is 0.753. The molecular weight excluding hydrogens is 256 g/mol. The Hall–Kier alpha value is -0.850. The van der Waals surface area contributed by atoms with Crippen LogP contribution in [-0.2, 0) is 0 Å². The van der Waals surface area contributed by atoms with Crippen molar-refractivity contribution in [1.82, 2.24) is 20.9 Å². The summed E-state index contributed by atoms with van der Waals surface area (Å²) in [7, 11) is 0. The summed E-state index contributed by atoms with van der Waals surface area (Å²) in [6.45, 7) is 12.1. The molecule has 0 saturated carbocycles. The predicted molar refractivity (Wildman–Crippen MR) is 79.1 cm³/mol. The molecule has 2 bridgehead atoms. The fourth-order valence-corrected chi connectivity index (χ4v) is 3.14. The molecule has 116 valence electrons. The van der Waals surface area contributed by atoms with E-state index in [2.05, 4.69) is 36.7 Å². The van der Waals surface area contributed by atoms with Crippen molar-refractivity contribution in [3.63, 3.8) is 0 Å². The highest BCUT2D eigenvalue weighted by Crippen LogP contribution is 2.41. The number of hydrogen-bond donors (Lipinski definition) is 4. The van der Waals surface area contributed by atoms with Crippen molar-refractivity contribution in [2.75, 3.05) is 39.3 Å². The molecule has 4 saturated heterocycles. The van der Waals surface area contributed by atoms with Crippen LogP contribution >= 0.6 is 0 Å². The van der Waals surface area contributed by atoms with Crippen molar-refractivity contribution in [2.24, 2.45) is 5.41 Å². The summed E-state index contributed by atoms with van der Waals surface area (Å²) in [5.41, 5.74) is 0.798. The first-order valence-electron chi connectivity index (χ1n) is 7.51. The SMILES string of the molecule is CC(C)(C)C12CNCC(C1)N2.O=C(O)N1CCNCC1. The fourth-order valence-electron chi connectivity index (χ4n) is 3.14. The quantitative estimate of drug-likeness (QED) is 0.515. The van der Waals surface area contributed by atoms with E-state index < -0.39 is 6.09 Å². The second-order valence-electron chi connectivity index (χ2n) is 7.03. The highest BCUT2D eigenvalue weighted by atomic mass is 16.4. The van der Waals surface area contributed by atoms with Crippen LogP contribution in [0.4, 0.5) is 4.79 Å². The first kappa shape index (κ1) is 15.5. The van der Waals surface area contributed by atoms with Gasteiger partial charge in [-0.05, 0) is 11.8 Å². The van der Waals surface area contributed by atoms with E-state index in [1.165, 1.54) is 11.3 Å². The van der Waals surface area contributed by atoms with Crippen LogP contribution in [0, 0.1) is 5.41 Å². The monoisotopic (exact) mass is 284 g/mol. The molecule has 20 heavy (non-hydrogen) atoms. The van der Waals surface area contributed by atoms with Crippen molar-refractivity contribution in [3.05, 3.63) is 0 Å². The van der Waals surface area contributed by atoms with Gasteiger partial charge in [-0.3, -0.25) is 0 Å². The van der Waals surface area contributed by atoms with Gasteiger partial charge in [-0.1, -0.05) is 20.8 Å². The average molecular weight is 284 g/mol. The minimum absolute atomic E-state index is 0.399. The van der Waals surface area contributed by atoms with Crippen LogP contribution in [0.3, 0.4) is 0 Å². The Bertz CT molecular complexity index is 336. The number of nitrogens with one attached hydrogen (secondary N) is 3. The molecule has 2 unspecified atom stereocenters. The maximum atomic E-state index is 10.3. The van der Waals surface area contributed by atoms with Crippen molar-refractivity contribution < 1.29 is 9.90 Å². The molecule has 6 nitrogen and oxygen atoms in total. The van der Waals surface area contributed by atoms with Gasteiger partial charge in [0.15, 0.2) is 0 Å². The van der Waals surface area contributed by atoms with E-state index >= 15 is 0 Å². The molecule has 0 aromatic rings. The lowest BCUT2D eigenvalue weighted by atomic mass is 9.63. The molecule has 1 amide bonds. The molecule has 6 heteroatoms. The van der Waals surface area contributed by atoms with E-state index in [4.69, 9.17) is 5.11 Å². The van der Waals surface area contributed by atoms with Crippen molar-refractivity contribution >= 4 is 6.09 Å². The number of hydrogen-bond acceptors (Lipinski definition) is 4. The largest absolute Gasteiger partial charge is 0.465 e. The van der Waals surface area contributed by atoms with Gasteiger partial charge in [-0.15, -0.1) is 0 Å². The third-order valence-corrected chi connectivity index (χ3v) is 4.72. The summed E-state index contributed by atoms with van der Waals surface area (Å²) in [5, 5.41) is 18.6. The van der Waals surface area contributed by atoms with Gasteiger partial charge in [0, 0.05) is 50.8 Å². The molecule has 4 heterocycles. The Labute approximate surface area is 121 Å². The first-order valence-corrected chi connectivity index (χ1v) is 7.51. The molecular formula is C14H28N4O2. The molecule has 4 fully saturated rings. The molecule has 4 N–H and O–H groups in total. The van der Waals surface area contributed by atoms with Crippen LogP contribution in [0.25, 0.3) is 0 Å².